The van der Waals surface area contributed by atoms with Crippen molar-refractivity contribution in [2.24, 2.45) is 7.05 Å². The van der Waals surface area contributed by atoms with Gasteiger partial charge in [0.1, 0.15) is 17.3 Å². The summed E-state index contributed by atoms with van der Waals surface area (Å²) in [6.07, 6.45) is 5.16. The number of hydrogen-bond donors (Lipinski definition) is 0. The van der Waals surface area contributed by atoms with Gasteiger partial charge in [-0.1, -0.05) is 0 Å². The molecule has 0 aliphatic carbocycles. The normalized spacial score (nSPS) is 20.3. The first-order valence-corrected chi connectivity index (χ1v) is 8.53. The number of nitrogens with zero attached hydrogens (tertiary/aromatic N) is 6. The second-order valence-electron chi connectivity index (χ2n) is 6.57. The molecule has 0 saturated carbocycles. The molecule has 2 aromatic heterocycles. The van der Waals surface area contributed by atoms with Gasteiger partial charge < -0.3 is 9.80 Å². The number of likely N-dealkylation sites (tertiary alicyclic amines) is 1. The summed E-state index contributed by atoms with van der Waals surface area (Å²) in [5.74, 6) is 1.74. The topological polar surface area (TPSA) is 67.2 Å². The molecule has 2 aromatic rings. The first-order chi connectivity index (χ1) is 11.6. The highest BCUT2D eigenvalue weighted by molar-refractivity contribution is 5.93. The molecular weight excluding hydrogens is 304 g/mol. The zero-order chi connectivity index (χ0) is 16.7. The first kappa shape index (κ1) is 15.1. The Morgan fingerprint density at radius 1 is 1.21 bits per heavy atom. The molecule has 0 unspecified atom stereocenters. The van der Waals surface area contributed by atoms with Crippen molar-refractivity contribution in [3.8, 4) is 0 Å². The van der Waals surface area contributed by atoms with Gasteiger partial charge in [0, 0.05) is 38.9 Å². The Morgan fingerprint density at radius 2 is 2.00 bits per heavy atom. The SMILES string of the molecule is Cc1nc([C@@H]2CCN2C(=O)c2ccn(C)n2)cc(N2CCCC2)n1. The van der Waals surface area contributed by atoms with Crippen LogP contribution in [0.3, 0.4) is 0 Å². The van der Waals surface area contributed by atoms with Crippen molar-refractivity contribution in [2.75, 3.05) is 24.5 Å². The zero-order valence-electron chi connectivity index (χ0n) is 14.1. The van der Waals surface area contributed by atoms with Gasteiger partial charge in [0.15, 0.2) is 0 Å². The lowest BCUT2D eigenvalue weighted by atomic mass is 9.98. The number of amides is 1. The van der Waals surface area contributed by atoms with E-state index in [1.165, 1.54) is 12.8 Å². The monoisotopic (exact) mass is 326 g/mol. The maximum atomic E-state index is 12.6. The number of carbonyl (C=O) groups is 1. The van der Waals surface area contributed by atoms with Crippen LogP contribution in [0.4, 0.5) is 5.82 Å². The smallest absolute Gasteiger partial charge is 0.274 e. The number of hydrogen-bond acceptors (Lipinski definition) is 5. The molecule has 4 rings (SSSR count). The maximum absolute atomic E-state index is 12.6. The Kier molecular flexibility index (Phi) is 3.70. The molecule has 7 nitrogen and oxygen atoms in total. The molecule has 4 heterocycles. The fourth-order valence-corrected chi connectivity index (χ4v) is 3.47. The fraction of sp³-hybridized carbons (Fsp3) is 0.529. The van der Waals surface area contributed by atoms with Crippen molar-refractivity contribution < 1.29 is 4.79 Å². The molecule has 7 heteroatoms. The summed E-state index contributed by atoms with van der Waals surface area (Å²) in [6.45, 7) is 4.78. The van der Waals surface area contributed by atoms with Gasteiger partial charge in [-0.25, -0.2) is 9.97 Å². The van der Waals surface area contributed by atoms with Gasteiger partial charge in [-0.2, -0.15) is 5.10 Å². The Balaban J connectivity index is 1.58. The average Bonchev–Trinajstić information content (AvgIpc) is 3.16. The van der Waals surface area contributed by atoms with Crippen LogP contribution in [0, 0.1) is 6.92 Å². The molecule has 2 saturated heterocycles. The van der Waals surface area contributed by atoms with E-state index in [2.05, 4.69) is 26.0 Å². The molecular formula is C17H22N6O. The standard InChI is InChI=1S/C17H22N6O/c1-12-18-14(11-16(19-12)22-7-3-4-8-22)15-6-10-23(15)17(24)13-5-9-21(2)20-13/h5,9,11,15H,3-4,6-8,10H2,1-2H3/t15-/m0/s1. The van der Waals surface area contributed by atoms with E-state index < -0.39 is 0 Å². The van der Waals surface area contributed by atoms with Gasteiger partial charge in [-0.15, -0.1) is 0 Å². The minimum Gasteiger partial charge on any atom is -0.357 e. The van der Waals surface area contributed by atoms with E-state index in [9.17, 15) is 4.79 Å². The molecule has 2 fully saturated rings. The van der Waals surface area contributed by atoms with E-state index in [0.717, 1.165) is 43.4 Å². The predicted octanol–water partition coefficient (Wildman–Crippen LogP) is 1.71. The summed E-state index contributed by atoms with van der Waals surface area (Å²) < 4.78 is 1.66. The minimum absolute atomic E-state index is 0.0224. The van der Waals surface area contributed by atoms with Gasteiger partial charge in [0.05, 0.1) is 11.7 Å². The Hall–Kier alpha value is -2.44. The van der Waals surface area contributed by atoms with Crippen molar-refractivity contribution in [2.45, 2.75) is 32.2 Å². The third-order valence-corrected chi connectivity index (χ3v) is 4.83. The summed E-state index contributed by atoms with van der Waals surface area (Å²) >= 11 is 0. The van der Waals surface area contributed by atoms with E-state index in [-0.39, 0.29) is 11.9 Å². The molecule has 2 aliphatic rings. The molecule has 1 amide bonds. The van der Waals surface area contributed by atoms with Crippen molar-refractivity contribution in [1.82, 2.24) is 24.6 Å². The number of rotatable bonds is 3. The Morgan fingerprint density at radius 3 is 2.62 bits per heavy atom. The van der Waals surface area contributed by atoms with E-state index in [0.29, 0.717) is 5.69 Å². The second kappa shape index (κ2) is 5.89. The molecule has 0 bridgehead atoms. The minimum atomic E-state index is -0.0224. The second-order valence-corrected chi connectivity index (χ2v) is 6.57. The van der Waals surface area contributed by atoms with Gasteiger partial charge in [-0.05, 0) is 32.3 Å². The van der Waals surface area contributed by atoms with Crippen LogP contribution in [-0.4, -0.2) is 50.2 Å². The van der Waals surface area contributed by atoms with E-state index in [4.69, 9.17) is 0 Å². The van der Waals surface area contributed by atoms with E-state index >= 15 is 0 Å². The fourth-order valence-electron chi connectivity index (χ4n) is 3.47. The maximum Gasteiger partial charge on any atom is 0.274 e. The lowest BCUT2D eigenvalue weighted by molar-refractivity contribution is 0.0443. The molecule has 1 atom stereocenters. The molecule has 0 radical (unpaired) electrons. The van der Waals surface area contributed by atoms with Crippen molar-refractivity contribution in [1.29, 1.82) is 0 Å². The summed E-state index contributed by atoms with van der Waals surface area (Å²) in [5.41, 5.74) is 1.44. The van der Waals surface area contributed by atoms with E-state index in [1.54, 1.807) is 16.9 Å². The molecule has 126 valence electrons. The summed E-state index contributed by atoms with van der Waals surface area (Å²) in [6, 6.07) is 3.85. The van der Waals surface area contributed by atoms with Crippen LogP contribution in [0.5, 0.6) is 0 Å². The van der Waals surface area contributed by atoms with Gasteiger partial charge in [-0.3, -0.25) is 9.48 Å². The van der Waals surface area contributed by atoms with Crippen LogP contribution in [0.25, 0.3) is 0 Å². The van der Waals surface area contributed by atoms with Crippen molar-refractivity contribution >= 4 is 11.7 Å². The number of anilines is 1. The highest BCUT2D eigenvalue weighted by Gasteiger charge is 2.36. The highest BCUT2D eigenvalue weighted by atomic mass is 16.2. The molecule has 2 aliphatic heterocycles. The van der Waals surface area contributed by atoms with Crippen LogP contribution in [-0.2, 0) is 7.05 Å². The van der Waals surface area contributed by atoms with Crippen LogP contribution < -0.4 is 4.90 Å². The first-order valence-electron chi connectivity index (χ1n) is 8.53. The third kappa shape index (κ3) is 2.64. The Labute approximate surface area is 141 Å². The summed E-state index contributed by atoms with van der Waals surface area (Å²) in [7, 11) is 1.82. The zero-order valence-corrected chi connectivity index (χ0v) is 14.1. The lowest BCUT2D eigenvalue weighted by Gasteiger charge is -2.40. The molecule has 0 N–H and O–H groups in total. The summed E-state index contributed by atoms with van der Waals surface area (Å²) in [4.78, 5) is 26.0. The third-order valence-electron chi connectivity index (χ3n) is 4.83. The van der Waals surface area contributed by atoms with Crippen LogP contribution >= 0.6 is 0 Å². The number of carbonyl (C=O) groups excluding carboxylic acids is 1. The van der Waals surface area contributed by atoms with Crippen molar-refractivity contribution in [3.05, 3.63) is 35.5 Å². The van der Waals surface area contributed by atoms with Gasteiger partial charge >= 0.3 is 0 Å². The van der Waals surface area contributed by atoms with Crippen molar-refractivity contribution in [3.63, 3.8) is 0 Å². The Bertz CT molecular complexity index is 764. The average molecular weight is 326 g/mol. The number of aromatic nitrogens is 4. The molecule has 0 spiro atoms. The van der Waals surface area contributed by atoms with Crippen LogP contribution in [0.2, 0.25) is 0 Å². The lowest BCUT2D eigenvalue weighted by Crippen LogP contribution is -2.45. The molecule has 0 aromatic carbocycles. The van der Waals surface area contributed by atoms with Gasteiger partial charge in [0.25, 0.3) is 5.91 Å². The highest BCUT2D eigenvalue weighted by Crippen LogP contribution is 2.34. The molecule has 24 heavy (non-hydrogen) atoms. The van der Waals surface area contributed by atoms with Gasteiger partial charge in [0.2, 0.25) is 0 Å². The summed E-state index contributed by atoms with van der Waals surface area (Å²) in [5, 5.41) is 4.22. The predicted molar refractivity (Wildman–Crippen MR) is 89.8 cm³/mol. The number of aryl methyl sites for hydroxylation is 2. The van der Waals surface area contributed by atoms with E-state index in [1.807, 2.05) is 18.9 Å². The van der Waals surface area contributed by atoms with Crippen LogP contribution in [0.15, 0.2) is 18.3 Å². The van der Waals surface area contributed by atoms with Crippen LogP contribution in [0.1, 0.15) is 47.3 Å². The largest absolute Gasteiger partial charge is 0.357 e. The quantitative estimate of drug-likeness (QED) is 0.859.